The standard InChI is InChI=1S/C13H17NO3/c1-9(2)10-3-5-11(6-4-10)12(14-8-15)7-13(16)17/h3-6,8-9,12H,7H2,1-2H3,(H,14,15)(H,16,17)/t12-/m1/s1. The van der Waals surface area contributed by atoms with Crippen LogP contribution in [0.25, 0.3) is 0 Å². The summed E-state index contributed by atoms with van der Waals surface area (Å²) in [5.41, 5.74) is 2.00. The molecule has 0 fully saturated rings. The van der Waals surface area contributed by atoms with Crippen molar-refractivity contribution in [3.8, 4) is 0 Å². The highest BCUT2D eigenvalue weighted by Crippen LogP contribution is 2.20. The van der Waals surface area contributed by atoms with Gasteiger partial charge in [0.1, 0.15) is 0 Å². The molecule has 1 aromatic carbocycles. The minimum Gasteiger partial charge on any atom is -0.481 e. The molecule has 2 N–H and O–H groups in total. The fourth-order valence-electron chi connectivity index (χ4n) is 1.64. The molecule has 4 nitrogen and oxygen atoms in total. The summed E-state index contributed by atoms with van der Waals surface area (Å²) in [6, 6.07) is 7.17. The zero-order chi connectivity index (χ0) is 12.8. The number of rotatable bonds is 6. The summed E-state index contributed by atoms with van der Waals surface area (Å²) in [6.45, 7) is 4.18. The first-order valence-electron chi connectivity index (χ1n) is 5.56. The fourth-order valence-corrected chi connectivity index (χ4v) is 1.64. The Kier molecular flexibility index (Phi) is 4.69. The second-order valence-corrected chi connectivity index (χ2v) is 4.26. The Hall–Kier alpha value is -1.84. The molecule has 17 heavy (non-hydrogen) atoms. The maximum atomic E-state index is 10.7. The molecule has 0 bridgehead atoms. The third-order valence-corrected chi connectivity index (χ3v) is 2.65. The van der Waals surface area contributed by atoms with Gasteiger partial charge in [0, 0.05) is 0 Å². The summed E-state index contributed by atoms with van der Waals surface area (Å²) in [5, 5.41) is 11.3. The molecule has 0 saturated carbocycles. The number of nitrogens with one attached hydrogen (secondary N) is 1. The van der Waals surface area contributed by atoms with Crippen LogP contribution in [0.3, 0.4) is 0 Å². The molecule has 0 aromatic heterocycles. The van der Waals surface area contributed by atoms with Crippen LogP contribution in [0.2, 0.25) is 0 Å². The summed E-state index contributed by atoms with van der Waals surface area (Å²) in [5.74, 6) is -0.502. The van der Waals surface area contributed by atoms with Crippen LogP contribution < -0.4 is 5.32 Å². The molecule has 0 aliphatic rings. The van der Waals surface area contributed by atoms with E-state index < -0.39 is 12.0 Å². The van der Waals surface area contributed by atoms with Crippen LogP contribution in [-0.4, -0.2) is 17.5 Å². The number of hydrogen-bond acceptors (Lipinski definition) is 2. The highest BCUT2D eigenvalue weighted by atomic mass is 16.4. The summed E-state index contributed by atoms with van der Waals surface area (Å²) < 4.78 is 0. The zero-order valence-electron chi connectivity index (χ0n) is 10.0. The molecule has 0 aliphatic heterocycles. The van der Waals surface area contributed by atoms with Crippen molar-refractivity contribution >= 4 is 12.4 Å². The Morgan fingerprint density at radius 3 is 2.24 bits per heavy atom. The van der Waals surface area contributed by atoms with Gasteiger partial charge in [0.15, 0.2) is 0 Å². The number of carbonyl (C=O) groups is 2. The first-order chi connectivity index (χ1) is 8.04. The Morgan fingerprint density at radius 1 is 1.29 bits per heavy atom. The second-order valence-electron chi connectivity index (χ2n) is 4.26. The van der Waals surface area contributed by atoms with Crippen LogP contribution in [0.15, 0.2) is 24.3 Å². The lowest BCUT2D eigenvalue weighted by atomic mass is 9.98. The van der Waals surface area contributed by atoms with Gasteiger partial charge < -0.3 is 10.4 Å². The monoisotopic (exact) mass is 235 g/mol. The van der Waals surface area contributed by atoms with E-state index >= 15 is 0 Å². The van der Waals surface area contributed by atoms with Crippen molar-refractivity contribution in [1.29, 1.82) is 0 Å². The molecule has 0 spiro atoms. The molecule has 1 aromatic rings. The van der Waals surface area contributed by atoms with Gasteiger partial charge in [0.05, 0.1) is 12.5 Å². The predicted octanol–water partition coefficient (Wildman–Crippen LogP) is 2.07. The lowest BCUT2D eigenvalue weighted by Crippen LogP contribution is -2.22. The molecule has 0 saturated heterocycles. The van der Waals surface area contributed by atoms with Crippen LogP contribution >= 0.6 is 0 Å². The van der Waals surface area contributed by atoms with Gasteiger partial charge in [-0.05, 0) is 17.0 Å². The number of amides is 1. The number of hydrogen-bond donors (Lipinski definition) is 2. The average Bonchev–Trinajstić information content (AvgIpc) is 2.28. The number of carboxylic acids is 1. The van der Waals surface area contributed by atoms with Gasteiger partial charge in [-0.25, -0.2) is 0 Å². The lowest BCUT2D eigenvalue weighted by molar-refractivity contribution is -0.137. The van der Waals surface area contributed by atoms with Crippen LogP contribution in [-0.2, 0) is 9.59 Å². The average molecular weight is 235 g/mol. The van der Waals surface area contributed by atoms with E-state index in [4.69, 9.17) is 5.11 Å². The third-order valence-electron chi connectivity index (χ3n) is 2.65. The van der Waals surface area contributed by atoms with E-state index in [0.717, 1.165) is 5.56 Å². The summed E-state index contributed by atoms with van der Waals surface area (Å²) in [7, 11) is 0. The van der Waals surface area contributed by atoms with Crippen molar-refractivity contribution in [2.24, 2.45) is 0 Å². The number of carboxylic acid groups (broad SMARTS) is 1. The molecule has 0 aliphatic carbocycles. The first-order valence-corrected chi connectivity index (χ1v) is 5.56. The quantitative estimate of drug-likeness (QED) is 0.742. The first kappa shape index (κ1) is 13.2. The number of carbonyl (C=O) groups excluding carboxylic acids is 1. The number of aliphatic carboxylic acids is 1. The normalized spacial score (nSPS) is 12.2. The van der Waals surface area contributed by atoms with E-state index in [1.54, 1.807) is 0 Å². The van der Waals surface area contributed by atoms with Gasteiger partial charge in [0.2, 0.25) is 6.41 Å². The molecule has 1 atom stereocenters. The van der Waals surface area contributed by atoms with Gasteiger partial charge in [-0.3, -0.25) is 9.59 Å². The smallest absolute Gasteiger partial charge is 0.305 e. The molecule has 1 rings (SSSR count). The van der Waals surface area contributed by atoms with Gasteiger partial charge in [-0.15, -0.1) is 0 Å². The predicted molar refractivity (Wildman–Crippen MR) is 64.7 cm³/mol. The van der Waals surface area contributed by atoms with Crippen LogP contribution in [0.1, 0.15) is 43.4 Å². The van der Waals surface area contributed by atoms with Crippen LogP contribution in [0.4, 0.5) is 0 Å². The summed E-state index contributed by atoms with van der Waals surface area (Å²) in [6.07, 6.45) is 0.420. The van der Waals surface area contributed by atoms with Gasteiger partial charge >= 0.3 is 5.97 Å². The largest absolute Gasteiger partial charge is 0.481 e. The van der Waals surface area contributed by atoms with Crippen molar-refractivity contribution < 1.29 is 14.7 Å². The van der Waals surface area contributed by atoms with E-state index in [2.05, 4.69) is 19.2 Å². The lowest BCUT2D eigenvalue weighted by Gasteiger charge is -2.15. The summed E-state index contributed by atoms with van der Waals surface area (Å²) in [4.78, 5) is 21.1. The topological polar surface area (TPSA) is 66.4 Å². The van der Waals surface area contributed by atoms with Gasteiger partial charge in [-0.2, -0.15) is 0 Å². The molecule has 0 radical (unpaired) electrons. The Morgan fingerprint density at radius 2 is 1.82 bits per heavy atom. The van der Waals surface area contributed by atoms with Crippen molar-refractivity contribution in [1.82, 2.24) is 5.32 Å². The van der Waals surface area contributed by atoms with E-state index in [0.29, 0.717) is 12.3 Å². The SMILES string of the molecule is CC(C)c1ccc([C@@H](CC(=O)O)NC=O)cc1. The maximum absolute atomic E-state index is 10.7. The Bertz CT molecular complexity index is 384. The molecular weight excluding hydrogens is 218 g/mol. The van der Waals surface area contributed by atoms with E-state index in [-0.39, 0.29) is 6.42 Å². The van der Waals surface area contributed by atoms with Crippen LogP contribution in [0, 0.1) is 0 Å². The van der Waals surface area contributed by atoms with E-state index in [1.165, 1.54) is 5.56 Å². The molecule has 0 unspecified atom stereocenters. The molecule has 4 heteroatoms. The van der Waals surface area contributed by atoms with Crippen LogP contribution in [0.5, 0.6) is 0 Å². The highest BCUT2D eigenvalue weighted by molar-refractivity contribution is 5.68. The summed E-state index contributed by atoms with van der Waals surface area (Å²) >= 11 is 0. The highest BCUT2D eigenvalue weighted by Gasteiger charge is 2.14. The van der Waals surface area contributed by atoms with E-state index in [1.807, 2.05) is 24.3 Å². The van der Waals surface area contributed by atoms with Crippen molar-refractivity contribution in [3.63, 3.8) is 0 Å². The van der Waals surface area contributed by atoms with Gasteiger partial charge in [0.25, 0.3) is 0 Å². The molecular formula is C13H17NO3. The van der Waals surface area contributed by atoms with Crippen molar-refractivity contribution in [2.45, 2.75) is 32.2 Å². The minimum absolute atomic E-state index is 0.111. The van der Waals surface area contributed by atoms with E-state index in [9.17, 15) is 9.59 Å². The Balaban J connectivity index is 2.86. The molecule has 92 valence electrons. The molecule has 1 amide bonds. The number of benzene rings is 1. The Labute approximate surface area is 101 Å². The van der Waals surface area contributed by atoms with Gasteiger partial charge in [-0.1, -0.05) is 38.1 Å². The zero-order valence-corrected chi connectivity index (χ0v) is 10.0. The van der Waals surface area contributed by atoms with Crippen molar-refractivity contribution in [2.75, 3.05) is 0 Å². The molecule has 0 heterocycles. The maximum Gasteiger partial charge on any atom is 0.305 e. The second kappa shape index (κ2) is 6.03. The third kappa shape index (κ3) is 3.90. The minimum atomic E-state index is -0.933. The fraction of sp³-hybridized carbons (Fsp3) is 0.385. The van der Waals surface area contributed by atoms with Crippen molar-refractivity contribution in [3.05, 3.63) is 35.4 Å².